The number of hydrogen-bond acceptors (Lipinski definition) is 4. The van der Waals surface area contributed by atoms with Crippen LogP contribution in [0.1, 0.15) is 37.1 Å². The van der Waals surface area contributed by atoms with Crippen molar-refractivity contribution in [1.82, 2.24) is 9.88 Å². The molecule has 2 rings (SSSR count). The van der Waals surface area contributed by atoms with Crippen LogP contribution in [0.3, 0.4) is 0 Å². The van der Waals surface area contributed by atoms with Crippen molar-refractivity contribution >= 4 is 5.82 Å². The number of nitrogens with zero attached hydrogens (tertiary/aromatic N) is 3. The summed E-state index contributed by atoms with van der Waals surface area (Å²) >= 11 is 0. The van der Waals surface area contributed by atoms with E-state index >= 15 is 0 Å². The van der Waals surface area contributed by atoms with Crippen molar-refractivity contribution in [3.05, 3.63) is 22.9 Å². The van der Waals surface area contributed by atoms with Gasteiger partial charge in [0.25, 0.3) is 0 Å². The molecule has 4 heteroatoms. The van der Waals surface area contributed by atoms with Crippen LogP contribution in [0.15, 0.2) is 6.07 Å². The molecule has 0 saturated carbocycles. The standard InChI is InChI=1S/C16H28N4/c1-5-20(12(2)11-19(3)4)16-14(10-17)9-13-7-6-8-15(13)18-16/h9,12H,5-8,10-11,17H2,1-4H3. The molecule has 0 fully saturated rings. The first kappa shape index (κ1) is 15.3. The summed E-state index contributed by atoms with van der Waals surface area (Å²) in [6.45, 7) is 7.02. The van der Waals surface area contributed by atoms with Gasteiger partial charge >= 0.3 is 0 Å². The Morgan fingerprint density at radius 2 is 2.10 bits per heavy atom. The minimum Gasteiger partial charge on any atom is -0.353 e. The molecule has 4 nitrogen and oxygen atoms in total. The lowest BCUT2D eigenvalue weighted by molar-refractivity contribution is 0.372. The fourth-order valence-corrected chi connectivity index (χ4v) is 3.20. The predicted octanol–water partition coefficient (Wildman–Crippen LogP) is 1.81. The summed E-state index contributed by atoms with van der Waals surface area (Å²) in [5, 5.41) is 0. The zero-order valence-electron chi connectivity index (χ0n) is 13.3. The van der Waals surface area contributed by atoms with Crippen molar-refractivity contribution in [3.8, 4) is 0 Å². The Morgan fingerprint density at radius 3 is 2.70 bits per heavy atom. The third-order valence-corrected chi connectivity index (χ3v) is 4.10. The Kier molecular flexibility index (Phi) is 5.00. The van der Waals surface area contributed by atoms with Crippen LogP contribution in [0.5, 0.6) is 0 Å². The summed E-state index contributed by atoms with van der Waals surface area (Å²) in [6.07, 6.45) is 3.51. The molecule has 2 N–H and O–H groups in total. The molecule has 0 spiro atoms. The zero-order valence-corrected chi connectivity index (χ0v) is 13.3. The van der Waals surface area contributed by atoms with E-state index in [1.807, 2.05) is 0 Å². The molecule has 1 unspecified atom stereocenters. The van der Waals surface area contributed by atoms with Gasteiger partial charge in [0.15, 0.2) is 0 Å². The second-order valence-electron chi connectivity index (χ2n) is 6.03. The fraction of sp³-hybridized carbons (Fsp3) is 0.688. The number of hydrogen-bond donors (Lipinski definition) is 1. The van der Waals surface area contributed by atoms with Crippen LogP contribution in [0.25, 0.3) is 0 Å². The molecule has 1 aliphatic rings. The topological polar surface area (TPSA) is 45.4 Å². The number of rotatable bonds is 6. The lowest BCUT2D eigenvalue weighted by Gasteiger charge is -2.32. The Labute approximate surface area is 123 Å². The van der Waals surface area contributed by atoms with E-state index in [1.54, 1.807) is 0 Å². The highest BCUT2D eigenvalue weighted by atomic mass is 15.2. The number of aromatic nitrogens is 1. The maximum absolute atomic E-state index is 5.96. The molecule has 1 aliphatic carbocycles. The summed E-state index contributed by atoms with van der Waals surface area (Å²) < 4.78 is 0. The van der Waals surface area contributed by atoms with Crippen LogP contribution < -0.4 is 10.6 Å². The van der Waals surface area contributed by atoms with Gasteiger partial charge in [-0.15, -0.1) is 0 Å². The molecule has 1 aromatic heterocycles. The monoisotopic (exact) mass is 276 g/mol. The van der Waals surface area contributed by atoms with Crippen molar-refractivity contribution in [2.24, 2.45) is 5.73 Å². The number of nitrogens with two attached hydrogens (primary N) is 1. The van der Waals surface area contributed by atoms with E-state index < -0.39 is 0 Å². The number of likely N-dealkylation sites (N-methyl/N-ethyl adjacent to an activating group) is 2. The van der Waals surface area contributed by atoms with E-state index in [-0.39, 0.29) is 0 Å². The maximum Gasteiger partial charge on any atom is 0.133 e. The zero-order chi connectivity index (χ0) is 14.7. The van der Waals surface area contributed by atoms with Gasteiger partial charge in [0.05, 0.1) is 0 Å². The van der Waals surface area contributed by atoms with E-state index in [0.717, 1.165) is 31.7 Å². The summed E-state index contributed by atoms with van der Waals surface area (Å²) in [5.41, 5.74) is 9.85. The molecule has 0 radical (unpaired) electrons. The molecule has 0 aliphatic heterocycles. The van der Waals surface area contributed by atoms with Gasteiger partial charge in [-0.2, -0.15) is 0 Å². The maximum atomic E-state index is 5.96. The van der Waals surface area contributed by atoms with Crippen molar-refractivity contribution in [2.45, 2.75) is 45.7 Å². The number of pyridine rings is 1. The molecule has 20 heavy (non-hydrogen) atoms. The lowest BCUT2D eigenvalue weighted by Crippen LogP contribution is -2.41. The molecule has 112 valence electrons. The van der Waals surface area contributed by atoms with Crippen LogP contribution in [0.2, 0.25) is 0 Å². The average Bonchev–Trinajstić information content (AvgIpc) is 2.84. The molecule has 1 heterocycles. The third-order valence-electron chi connectivity index (χ3n) is 4.10. The predicted molar refractivity (Wildman–Crippen MR) is 85.2 cm³/mol. The number of aryl methyl sites for hydroxylation is 2. The molecule has 1 atom stereocenters. The van der Waals surface area contributed by atoms with Gasteiger partial charge in [-0.25, -0.2) is 4.98 Å². The molecule has 0 saturated heterocycles. The van der Waals surface area contributed by atoms with Gasteiger partial charge in [-0.3, -0.25) is 0 Å². The van der Waals surface area contributed by atoms with Crippen LogP contribution in [-0.4, -0.2) is 43.1 Å². The summed E-state index contributed by atoms with van der Waals surface area (Å²) in [4.78, 5) is 9.57. The SMILES string of the molecule is CCN(c1nc2c(cc1CN)CCC2)C(C)CN(C)C. The van der Waals surface area contributed by atoms with Crippen LogP contribution >= 0.6 is 0 Å². The summed E-state index contributed by atoms with van der Waals surface area (Å²) in [6, 6.07) is 2.72. The second-order valence-corrected chi connectivity index (χ2v) is 6.03. The number of fused-ring (bicyclic) bond motifs is 1. The van der Waals surface area contributed by atoms with E-state index in [0.29, 0.717) is 12.6 Å². The minimum atomic E-state index is 0.437. The van der Waals surface area contributed by atoms with Crippen LogP contribution in [0, 0.1) is 0 Å². The van der Waals surface area contributed by atoms with Crippen molar-refractivity contribution < 1.29 is 0 Å². The second kappa shape index (κ2) is 6.55. The van der Waals surface area contributed by atoms with E-state index in [9.17, 15) is 0 Å². The van der Waals surface area contributed by atoms with Crippen molar-refractivity contribution in [3.63, 3.8) is 0 Å². The largest absolute Gasteiger partial charge is 0.353 e. The third kappa shape index (κ3) is 3.13. The van der Waals surface area contributed by atoms with Gasteiger partial charge in [0.1, 0.15) is 5.82 Å². The summed E-state index contributed by atoms with van der Waals surface area (Å²) in [7, 11) is 4.23. The summed E-state index contributed by atoms with van der Waals surface area (Å²) in [5.74, 6) is 1.10. The highest BCUT2D eigenvalue weighted by Crippen LogP contribution is 2.28. The highest BCUT2D eigenvalue weighted by Gasteiger charge is 2.21. The average molecular weight is 276 g/mol. The van der Waals surface area contributed by atoms with E-state index in [1.165, 1.54) is 23.2 Å². The van der Waals surface area contributed by atoms with Crippen molar-refractivity contribution in [1.29, 1.82) is 0 Å². The van der Waals surface area contributed by atoms with E-state index in [2.05, 4.69) is 43.8 Å². The fourth-order valence-electron chi connectivity index (χ4n) is 3.20. The smallest absolute Gasteiger partial charge is 0.133 e. The van der Waals surface area contributed by atoms with Gasteiger partial charge in [-0.1, -0.05) is 0 Å². The molecule has 0 amide bonds. The normalized spacial score (nSPS) is 15.5. The number of anilines is 1. The first-order chi connectivity index (χ1) is 9.56. The lowest BCUT2D eigenvalue weighted by atomic mass is 10.1. The van der Waals surface area contributed by atoms with Crippen LogP contribution in [0.4, 0.5) is 5.82 Å². The molecule has 0 bridgehead atoms. The van der Waals surface area contributed by atoms with Crippen LogP contribution in [-0.2, 0) is 19.4 Å². The Hall–Kier alpha value is -1.13. The molecule has 1 aromatic rings. The van der Waals surface area contributed by atoms with Gasteiger partial charge < -0.3 is 15.5 Å². The van der Waals surface area contributed by atoms with Gasteiger partial charge in [-0.05, 0) is 58.8 Å². The first-order valence-corrected chi connectivity index (χ1v) is 7.69. The highest BCUT2D eigenvalue weighted by molar-refractivity contribution is 5.51. The molecule has 0 aromatic carbocycles. The molecular formula is C16H28N4. The molecular weight excluding hydrogens is 248 g/mol. The van der Waals surface area contributed by atoms with Gasteiger partial charge in [0.2, 0.25) is 0 Å². The minimum absolute atomic E-state index is 0.437. The Bertz CT molecular complexity index is 456. The Balaban J connectivity index is 2.33. The van der Waals surface area contributed by atoms with Gasteiger partial charge in [0, 0.05) is 36.9 Å². The van der Waals surface area contributed by atoms with Crippen molar-refractivity contribution in [2.75, 3.05) is 32.1 Å². The quantitative estimate of drug-likeness (QED) is 0.860. The van der Waals surface area contributed by atoms with E-state index in [4.69, 9.17) is 10.7 Å². The Morgan fingerprint density at radius 1 is 1.35 bits per heavy atom. The first-order valence-electron chi connectivity index (χ1n) is 7.69.